The summed E-state index contributed by atoms with van der Waals surface area (Å²) in [6.45, 7) is 2.08. The Hall–Kier alpha value is -4.65. The first kappa shape index (κ1) is 21.2. The van der Waals surface area contributed by atoms with E-state index in [0.717, 1.165) is 16.3 Å². The fourth-order valence-electron chi connectivity index (χ4n) is 3.60. The average Bonchev–Trinajstić information content (AvgIpc) is 3.33. The molecule has 1 amide bonds. The van der Waals surface area contributed by atoms with Crippen LogP contribution in [0.4, 0.5) is 0 Å². The molecule has 0 saturated heterocycles. The molecule has 1 heterocycles. The number of carbonyl (C=O) groups excluding carboxylic acids is 2. The maximum absolute atomic E-state index is 12.7. The molecule has 4 aromatic rings. The lowest BCUT2D eigenvalue weighted by molar-refractivity contribution is 0.0734. The normalized spacial score (nSPS) is 12.1. The van der Waals surface area contributed by atoms with E-state index in [0.29, 0.717) is 33.9 Å². The van der Waals surface area contributed by atoms with Gasteiger partial charge < -0.3 is 14.2 Å². The summed E-state index contributed by atoms with van der Waals surface area (Å²) in [5.41, 5.74) is 4.96. The molecule has 0 unspecified atom stereocenters. The van der Waals surface area contributed by atoms with Gasteiger partial charge in [-0.05, 0) is 54.1 Å². The van der Waals surface area contributed by atoms with Crippen LogP contribution in [-0.2, 0) is 0 Å². The molecule has 0 atom stereocenters. The summed E-state index contributed by atoms with van der Waals surface area (Å²) in [6.07, 6.45) is 1.48. The van der Waals surface area contributed by atoms with Gasteiger partial charge in [-0.15, -0.1) is 0 Å². The third-order valence-corrected chi connectivity index (χ3v) is 5.42. The molecular weight excluding hydrogens is 432 g/mol. The number of esters is 1. The Morgan fingerprint density at radius 2 is 1.68 bits per heavy atom. The van der Waals surface area contributed by atoms with E-state index < -0.39 is 11.9 Å². The second-order valence-electron chi connectivity index (χ2n) is 7.72. The SMILES string of the molecule is Cc1ccc(C(=O)Oc2ccc3ccccc3c2C=NNC(=O)c2ccc3c(c2)OCO3)cc1. The van der Waals surface area contributed by atoms with Crippen molar-refractivity contribution in [1.29, 1.82) is 0 Å². The molecule has 1 aliphatic heterocycles. The predicted octanol–water partition coefficient (Wildman–Crippen LogP) is 4.86. The second-order valence-corrected chi connectivity index (χ2v) is 7.72. The van der Waals surface area contributed by atoms with Gasteiger partial charge in [0, 0.05) is 11.1 Å². The van der Waals surface area contributed by atoms with Gasteiger partial charge in [0.1, 0.15) is 5.75 Å². The Bertz CT molecular complexity index is 1430. The molecule has 7 heteroatoms. The van der Waals surface area contributed by atoms with Crippen LogP contribution in [0.5, 0.6) is 17.2 Å². The number of ether oxygens (including phenoxy) is 3. The molecule has 168 valence electrons. The Morgan fingerprint density at radius 1 is 0.912 bits per heavy atom. The van der Waals surface area contributed by atoms with E-state index in [2.05, 4.69) is 10.5 Å². The maximum atomic E-state index is 12.7. The van der Waals surface area contributed by atoms with Gasteiger partial charge in [0.15, 0.2) is 11.5 Å². The molecule has 0 saturated carbocycles. The number of hydrogen-bond donors (Lipinski definition) is 1. The average molecular weight is 452 g/mol. The van der Waals surface area contributed by atoms with Gasteiger partial charge in [0.2, 0.25) is 6.79 Å². The summed E-state index contributed by atoms with van der Waals surface area (Å²) < 4.78 is 16.3. The Balaban J connectivity index is 1.40. The molecular formula is C27H20N2O5. The quantitative estimate of drug-likeness (QED) is 0.202. The fraction of sp³-hybridized carbons (Fsp3) is 0.0741. The van der Waals surface area contributed by atoms with Crippen molar-refractivity contribution in [3.63, 3.8) is 0 Å². The van der Waals surface area contributed by atoms with E-state index >= 15 is 0 Å². The van der Waals surface area contributed by atoms with Gasteiger partial charge in [0.05, 0.1) is 11.8 Å². The molecule has 5 rings (SSSR count). The van der Waals surface area contributed by atoms with Crippen molar-refractivity contribution in [2.45, 2.75) is 6.92 Å². The number of hydrazone groups is 1. The highest BCUT2D eigenvalue weighted by molar-refractivity contribution is 6.04. The van der Waals surface area contributed by atoms with E-state index in [1.807, 2.05) is 49.4 Å². The van der Waals surface area contributed by atoms with Crippen molar-refractivity contribution in [2.24, 2.45) is 5.10 Å². The monoisotopic (exact) mass is 452 g/mol. The van der Waals surface area contributed by atoms with Crippen LogP contribution in [0.2, 0.25) is 0 Å². The Morgan fingerprint density at radius 3 is 2.53 bits per heavy atom. The first-order valence-electron chi connectivity index (χ1n) is 10.6. The molecule has 0 fully saturated rings. The zero-order valence-electron chi connectivity index (χ0n) is 18.3. The first-order chi connectivity index (χ1) is 16.6. The van der Waals surface area contributed by atoms with Crippen LogP contribution in [0.25, 0.3) is 10.8 Å². The fourth-order valence-corrected chi connectivity index (χ4v) is 3.60. The van der Waals surface area contributed by atoms with Gasteiger partial charge in [0.25, 0.3) is 5.91 Å². The number of aryl methyl sites for hydroxylation is 1. The third-order valence-electron chi connectivity index (χ3n) is 5.42. The number of fused-ring (bicyclic) bond motifs is 2. The minimum atomic E-state index is -0.477. The molecule has 7 nitrogen and oxygen atoms in total. The summed E-state index contributed by atoms with van der Waals surface area (Å²) in [6, 6.07) is 23.3. The van der Waals surface area contributed by atoms with Crippen LogP contribution in [0.15, 0.2) is 84.0 Å². The zero-order chi connectivity index (χ0) is 23.5. The topological polar surface area (TPSA) is 86.2 Å². The van der Waals surface area contributed by atoms with Crippen molar-refractivity contribution < 1.29 is 23.8 Å². The molecule has 1 aliphatic rings. The van der Waals surface area contributed by atoms with Crippen LogP contribution >= 0.6 is 0 Å². The Kier molecular flexibility index (Phi) is 5.66. The minimum absolute atomic E-state index is 0.129. The van der Waals surface area contributed by atoms with E-state index in [1.165, 1.54) is 6.21 Å². The standard InChI is InChI=1S/C27H20N2O5/c1-17-6-8-19(9-7-17)27(31)34-23-12-10-18-4-2-3-5-21(18)22(23)15-28-29-26(30)20-11-13-24-25(14-20)33-16-32-24/h2-15H,16H2,1H3,(H,29,30). The lowest BCUT2D eigenvalue weighted by Crippen LogP contribution is -2.17. The number of carbonyl (C=O) groups is 2. The third kappa shape index (κ3) is 4.31. The number of benzene rings is 4. The van der Waals surface area contributed by atoms with Crippen molar-refractivity contribution in [3.05, 3.63) is 101 Å². The molecule has 0 aromatic heterocycles. The summed E-state index contributed by atoms with van der Waals surface area (Å²) in [5.74, 6) is 0.555. The lowest BCUT2D eigenvalue weighted by atomic mass is 10.0. The lowest BCUT2D eigenvalue weighted by Gasteiger charge is -2.11. The molecule has 0 spiro atoms. The molecule has 0 bridgehead atoms. The molecule has 34 heavy (non-hydrogen) atoms. The number of rotatable bonds is 5. The number of amides is 1. The second kappa shape index (κ2) is 9.07. The molecule has 0 aliphatic carbocycles. The van der Waals surface area contributed by atoms with Crippen LogP contribution in [0.1, 0.15) is 31.8 Å². The van der Waals surface area contributed by atoms with Gasteiger partial charge in [-0.3, -0.25) is 4.79 Å². The summed E-state index contributed by atoms with van der Waals surface area (Å²) in [4.78, 5) is 25.3. The molecule has 1 N–H and O–H groups in total. The van der Waals surface area contributed by atoms with Gasteiger partial charge in [-0.2, -0.15) is 5.10 Å². The van der Waals surface area contributed by atoms with Crippen LogP contribution < -0.4 is 19.6 Å². The minimum Gasteiger partial charge on any atom is -0.454 e. The highest BCUT2D eigenvalue weighted by atomic mass is 16.7. The van der Waals surface area contributed by atoms with Crippen molar-refractivity contribution >= 4 is 28.9 Å². The summed E-state index contributed by atoms with van der Waals surface area (Å²) in [5, 5.41) is 5.90. The first-order valence-corrected chi connectivity index (χ1v) is 10.6. The van der Waals surface area contributed by atoms with Crippen molar-refractivity contribution in [2.75, 3.05) is 6.79 Å². The van der Waals surface area contributed by atoms with Crippen LogP contribution in [0, 0.1) is 6.92 Å². The van der Waals surface area contributed by atoms with Crippen LogP contribution in [0.3, 0.4) is 0 Å². The van der Waals surface area contributed by atoms with E-state index in [-0.39, 0.29) is 6.79 Å². The highest BCUT2D eigenvalue weighted by Crippen LogP contribution is 2.32. The predicted molar refractivity (Wildman–Crippen MR) is 128 cm³/mol. The van der Waals surface area contributed by atoms with Crippen molar-refractivity contribution in [3.8, 4) is 17.2 Å². The van der Waals surface area contributed by atoms with Gasteiger partial charge >= 0.3 is 5.97 Å². The molecule has 4 aromatic carbocycles. The zero-order valence-corrected chi connectivity index (χ0v) is 18.3. The maximum Gasteiger partial charge on any atom is 0.343 e. The van der Waals surface area contributed by atoms with E-state index in [1.54, 1.807) is 36.4 Å². The van der Waals surface area contributed by atoms with Crippen LogP contribution in [-0.4, -0.2) is 24.9 Å². The number of nitrogens with one attached hydrogen (secondary N) is 1. The van der Waals surface area contributed by atoms with Crippen molar-refractivity contribution in [1.82, 2.24) is 5.43 Å². The van der Waals surface area contributed by atoms with Gasteiger partial charge in [-0.1, -0.05) is 48.0 Å². The highest BCUT2D eigenvalue weighted by Gasteiger charge is 2.16. The number of hydrogen-bond acceptors (Lipinski definition) is 6. The smallest absolute Gasteiger partial charge is 0.343 e. The summed E-state index contributed by atoms with van der Waals surface area (Å²) >= 11 is 0. The summed E-state index contributed by atoms with van der Waals surface area (Å²) in [7, 11) is 0. The Labute approximate surface area is 195 Å². The largest absolute Gasteiger partial charge is 0.454 e. The van der Waals surface area contributed by atoms with Gasteiger partial charge in [-0.25, -0.2) is 10.2 Å². The molecule has 0 radical (unpaired) electrons. The number of nitrogens with zero attached hydrogens (tertiary/aromatic N) is 1. The van der Waals surface area contributed by atoms with E-state index in [9.17, 15) is 9.59 Å². The van der Waals surface area contributed by atoms with E-state index in [4.69, 9.17) is 14.2 Å².